The Morgan fingerprint density at radius 2 is 0.935 bits per heavy atom. The van der Waals surface area contributed by atoms with Crippen molar-refractivity contribution in [1.82, 2.24) is 0 Å². The largest absolute Gasteiger partial charge is 0.389 e. The quantitative estimate of drug-likeness (QED) is 0.269. The Labute approximate surface area is 470 Å². The van der Waals surface area contributed by atoms with Crippen LogP contribution in [0.5, 0.6) is 0 Å². The highest BCUT2D eigenvalue weighted by molar-refractivity contribution is 7.94. The van der Waals surface area contributed by atoms with Gasteiger partial charge >= 0.3 is 0 Å². The molecule has 17 aliphatic carbocycles. The number of rotatable bonds is 6. The Balaban J connectivity index is 0.825. The Kier molecular flexibility index (Phi) is 10.8. The Morgan fingerprint density at radius 3 is 1.68 bits per heavy atom. The van der Waals surface area contributed by atoms with Crippen molar-refractivity contribution in [3.05, 3.63) is 33.4 Å². The predicted octanol–water partition coefficient (Wildman–Crippen LogP) is 19.1. The number of ether oxygens (including phenoxy) is 1. The Morgan fingerprint density at radius 1 is 0.403 bits per heavy atom. The third kappa shape index (κ3) is 5.71. The first-order valence-electron chi connectivity index (χ1n) is 34.1. The van der Waals surface area contributed by atoms with Crippen molar-refractivity contribution in [2.24, 2.45) is 65.5 Å². The minimum Gasteiger partial charge on any atom is -0.389 e. The summed E-state index contributed by atoms with van der Waals surface area (Å²) >= 11 is 0. The van der Waals surface area contributed by atoms with Gasteiger partial charge in [-0.15, -0.1) is 0 Å². The first-order valence-corrected chi connectivity index (χ1v) is 35.6. The number of hydrogen-bond acceptors (Lipinski definition) is 4. The summed E-state index contributed by atoms with van der Waals surface area (Å²) in [7, 11) is -3.67. The predicted molar refractivity (Wildman–Crippen MR) is 314 cm³/mol. The number of aliphatic hydroxyl groups is 1. The van der Waals surface area contributed by atoms with Gasteiger partial charge in [0.1, 0.15) is 0 Å². The van der Waals surface area contributed by atoms with Gasteiger partial charge in [-0.2, -0.15) is 0 Å². The summed E-state index contributed by atoms with van der Waals surface area (Å²) in [4.78, 5) is 0. The molecule has 4 nitrogen and oxygen atoms in total. The van der Waals surface area contributed by atoms with E-state index in [-0.39, 0.29) is 38.3 Å². The Bertz CT molecular complexity index is 2790. The zero-order chi connectivity index (χ0) is 53.8. The van der Waals surface area contributed by atoms with Gasteiger partial charge in [0.05, 0.1) is 26.3 Å². The van der Waals surface area contributed by atoms with E-state index in [2.05, 4.69) is 69.2 Å². The molecule has 17 rings (SSSR count). The molecule has 17 aliphatic rings. The lowest BCUT2D eigenvalue weighted by atomic mass is 9.43. The molecule has 14 atom stereocenters. The summed E-state index contributed by atoms with van der Waals surface area (Å²) in [5, 5.41) is 12.7. The van der Waals surface area contributed by atoms with Crippen molar-refractivity contribution >= 4 is 9.84 Å². The van der Waals surface area contributed by atoms with Crippen LogP contribution in [0.1, 0.15) is 320 Å². The van der Waals surface area contributed by atoms with E-state index in [1.807, 2.05) is 22.3 Å². The standard InChI is InChI=1S/C72H110O4S/c1-50(2)70-41-18-34-65(47-51-23-44-57(65,3)27-16-32-62(70,8)54(51)70)71-42-21-37-67(48-52-45-60(67,6)26-13-14-31-63(71,9)55(52)71)76-72-43-22-40-69(49-53-46-61(69,7)30-17-33-64(72,10)56(53)72)77(74,75)68-38-19-35-66(73,36-20-39-68)58(4)24-11-12-25-59(68,5)29-15-28-58/h50,73H,11-49H2,1-10H3/b54-51-,55-52-,56-53-. The molecular weight excluding hydrogens is 961 g/mol. The van der Waals surface area contributed by atoms with Crippen LogP contribution >= 0.6 is 0 Å². The van der Waals surface area contributed by atoms with Gasteiger partial charge in [-0.3, -0.25) is 0 Å². The molecule has 10 fully saturated rings. The molecule has 0 amide bonds. The van der Waals surface area contributed by atoms with Crippen LogP contribution in [0, 0.1) is 65.5 Å². The van der Waals surface area contributed by atoms with Crippen LogP contribution in [0.3, 0.4) is 0 Å². The first kappa shape index (κ1) is 52.9. The fourth-order valence-electron chi connectivity index (χ4n) is 28.6. The summed E-state index contributed by atoms with van der Waals surface area (Å²) in [5.41, 5.74) is 11.7. The lowest BCUT2D eigenvalue weighted by Crippen LogP contribution is -2.64. The third-order valence-corrected chi connectivity index (χ3v) is 36.3. The molecule has 77 heavy (non-hydrogen) atoms. The second-order valence-corrected chi connectivity index (χ2v) is 37.5. The molecule has 1 N–H and O–H groups in total. The third-order valence-electron chi connectivity index (χ3n) is 32.5. The number of fused-ring (bicyclic) bond motifs is 15. The molecule has 0 aliphatic heterocycles. The first-order chi connectivity index (χ1) is 36.3. The van der Waals surface area contributed by atoms with E-state index in [4.69, 9.17) is 4.74 Å². The van der Waals surface area contributed by atoms with Crippen molar-refractivity contribution in [2.75, 3.05) is 0 Å². The van der Waals surface area contributed by atoms with Gasteiger partial charge in [0.2, 0.25) is 0 Å². The van der Waals surface area contributed by atoms with E-state index in [1.54, 1.807) is 11.1 Å². The molecular formula is C72H110O4S. The fourth-order valence-corrected chi connectivity index (χ4v) is 32.7. The van der Waals surface area contributed by atoms with E-state index >= 15 is 8.42 Å². The molecule has 0 aromatic carbocycles. The van der Waals surface area contributed by atoms with Gasteiger partial charge in [0, 0.05) is 21.7 Å². The van der Waals surface area contributed by atoms with E-state index in [9.17, 15) is 5.11 Å². The monoisotopic (exact) mass is 1070 g/mol. The summed E-state index contributed by atoms with van der Waals surface area (Å²) < 4.78 is 41.9. The van der Waals surface area contributed by atoms with Gasteiger partial charge in [-0.1, -0.05) is 148 Å². The highest BCUT2D eigenvalue weighted by Gasteiger charge is 2.85. The number of sulfone groups is 1. The highest BCUT2D eigenvalue weighted by Crippen LogP contribution is 2.91. The molecule has 0 heterocycles. The minimum atomic E-state index is -3.67. The smallest absolute Gasteiger partial charge is 0.163 e. The number of allylic oxidation sites excluding steroid dienone is 4. The van der Waals surface area contributed by atoms with E-state index in [1.165, 1.54) is 109 Å². The summed E-state index contributed by atoms with van der Waals surface area (Å²) in [6.45, 7) is 26.5. The summed E-state index contributed by atoms with van der Waals surface area (Å²) in [6.07, 6.45) is 44.4. The van der Waals surface area contributed by atoms with Gasteiger partial charge in [0.25, 0.3) is 0 Å². The van der Waals surface area contributed by atoms with E-state index in [0.29, 0.717) is 32.5 Å². The van der Waals surface area contributed by atoms with Gasteiger partial charge < -0.3 is 9.84 Å². The van der Waals surface area contributed by atoms with Crippen molar-refractivity contribution in [3.63, 3.8) is 0 Å². The van der Waals surface area contributed by atoms with Crippen molar-refractivity contribution in [1.29, 1.82) is 0 Å². The van der Waals surface area contributed by atoms with Gasteiger partial charge in [0.15, 0.2) is 9.84 Å². The zero-order valence-electron chi connectivity index (χ0n) is 51.2. The fraction of sp³-hybridized carbons (Fsp3) is 0.917. The Hall–Kier alpha value is -0.910. The molecule has 0 spiro atoms. The molecule has 0 radical (unpaired) electrons. The normalized spacial score (nSPS) is 59.3. The SMILES string of the molecule is CC(C)C12CCCC3(C45CCCC6(OC78CCCC9(S(=O)(=O)C%10%11CCCC(O)(CCC%10)C%10(C)CCCCC%11(C)CCC%10)C/C%10=C\7C8(C)CCCC9(C)C%10)C/C7=C\4C5(C)CCCCC6(C)C7)C/C4=C\1C2(C)CCCC3(C)CC4. The summed E-state index contributed by atoms with van der Waals surface area (Å²) in [6, 6.07) is 0. The second kappa shape index (κ2) is 15.7. The van der Waals surface area contributed by atoms with Crippen LogP contribution < -0.4 is 0 Å². The molecule has 14 unspecified atom stereocenters. The van der Waals surface area contributed by atoms with Crippen molar-refractivity contribution in [2.45, 2.75) is 346 Å². The topological polar surface area (TPSA) is 63.6 Å². The van der Waals surface area contributed by atoms with Crippen molar-refractivity contribution in [3.8, 4) is 0 Å². The van der Waals surface area contributed by atoms with Crippen LogP contribution in [0.2, 0.25) is 0 Å². The molecule has 428 valence electrons. The van der Waals surface area contributed by atoms with Crippen LogP contribution in [0.25, 0.3) is 0 Å². The molecule has 10 saturated carbocycles. The lowest BCUT2D eigenvalue weighted by Gasteiger charge is -2.60. The maximum atomic E-state index is 17.3. The summed E-state index contributed by atoms with van der Waals surface area (Å²) in [5.74, 6) is 0.743. The maximum Gasteiger partial charge on any atom is 0.163 e. The van der Waals surface area contributed by atoms with Crippen molar-refractivity contribution < 1.29 is 18.3 Å². The number of hydrogen-bond donors (Lipinski definition) is 1. The minimum absolute atomic E-state index is 0.00704. The van der Waals surface area contributed by atoms with E-state index in [0.717, 1.165) is 147 Å². The van der Waals surface area contributed by atoms with Crippen LogP contribution in [-0.4, -0.2) is 39.8 Å². The molecule has 0 saturated heterocycles. The molecule has 0 aromatic rings. The molecule has 14 bridgehead atoms. The van der Waals surface area contributed by atoms with Crippen LogP contribution in [0.4, 0.5) is 0 Å². The van der Waals surface area contributed by atoms with Gasteiger partial charge in [-0.05, 0) is 248 Å². The van der Waals surface area contributed by atoms with E-state index < -0.39 is 24.9 Å². The second-order valence-electron chi connectivity index (χ2n) is 34.9. The maximum absolute atomic E-state index is 17.3. The lowest BCUT2D eigenvalue weighted by molar-refractivity contribution is -0.181. The average molecular weight is 1070 g/mol. The van der Waals surface area contributed by atoms with Crippen LogP contribution in [0.15, 0.2) is 33.4 Å². The van der Waals surface area contributed by atoms with Gasteiger partial charge in [-0.25, -0.2) is 8.42 Å². The highest BCUT2D eigenvalue weighted by atomic mass is 32.2. The van der Waals surface area contributed by atoms with Crippen LogP contribution in [-0.2, 0) is 14.6 Å². The zero-order valence-corrected chi connectivity index (χ0v) is 52.1. The molecule has 0 aromatic heterocycles. The molecule has 5 heteroatoms. The average Bonchev–Trinajstić information content (AvgIpc) is 2.57.